The van der Waals surface area contributed by atoms with E-state index >= 15 is 0 Å². The lowest BCUT2D eigenvalue weighted by Gasteiger charge is -2.04. The summed E-state index contributed by atoms with van der Waals surface area (Å²) in [6.07, 6.45) is 3.07. The van der Waals surface area contributed by atoms with Crippen LogP contribution in [0.25, 0.3) is 10.9 Å². The van der Waals surface area contributed by atoms with Crippen molar-refractivity contribution in [3.05, 3.63) is 57.5 Å². The highest BCUT2D eigenvalue weighted by atomic mass is 35.5. The molecular weight excluding hydrogens is 292 g/mol. The Hall–Kier alpha value is -2.60. The maximum Gasteiger partial charge on any atom is 0.262 e. The number of aromatic amines is 1. The van der Waals surface area contributed by atoms with Gasteiger partial charge in [-0.25, -0.2) is 0 Å². The second-order valence-electron chi connectivity index (χ2n) is 4.55. The third-order valence-electron chi connectivity index (χ3n) is 3.04. The minimum atomic E-state index is -0.508. The van der Waals surface area contributed by atoms with Crippen LogP contribution in [0.1, 0.15) is 10.4 Å². The summed E-state index contributed by atoms with van der Waals surface area (Å²) in [5.41, 5.74) is 0.256. The van der Waals surface area contributed by atoms with Crippen LogP contribution in [-0.2, 0) is 7.05 Å². The van der Waals surface area contributed by atoms with Crippen LogP contribution in [-0.4, -0.2) is 20.7 Å². The number of fused-ring (bicyclic) bond motifs is 1. The van der Waals surface area contributed by atoms with Crippen molar-refractivity contribution < 1.29 is 4.79 Å². The number of hydrogen-bond acceptors (Lipinski definition) is 3. The monoisotopic (exact) mass is 302 g/mol. The zero-order valence-electron chi connectivity index (χ0n) is 11.1. The van der Waals surface area contributed by atoms with E-state index in [9.17, 15) is 9.59 Å². The highest BCUT2D eigenvalue weighted by molar-refractivity contribution is 6.31. The Bertz CT molecular complexity index is 897. The smallest absolute Gasteiger partial charge is 0.262 e. The van der Waals surface area contributed by atoms with E-state index in [1.165, 1.54) is 6.20 Å². The lowest BCUT2D eigenvalue weighted by Crippen LogP contribution is -2.22. The van der Waals surface area contributed by atoms with Crippen LogP contribution in [0.15, 0.2) is 41.5 Å². The summed E-state index contributed by atoms with van der Waals surface area (Å²) in [4.78, 5) is 27.4. The number of carbonyl (C=O) groups excluding carboxylic acids is 1. The van der Waals surface area contributed by atoms with Crippen molar-refractivity contribution in [1.29, 1.82) is 0 Å². The van der Waals surface area contributed by atoms with E-state index in [0.717, 1.165) is 0 Å². The van der Waals surface area contributed by atoms with Gasteiger partial charge in [0.25, 0.3) is 5.91 Å². The molecule has 0 aliphatic rings. The van der Waals surface area contributed by atoms with Crippen molar-refractivity contribution in [2.24, 2.45) is 7.05 Å². The fraction of sp³-hybridized carbons (Fsp3) is 0.0714. The van der Waals surface area contributed by atoms with Gasteiger partial charge in [-0.2, -0.15) is 5.10 Å². The standard InChI is InChI=1S/C14H11ClN4O2/c1-19-5-4-12(18-19)17-14(21)10-7-16-11-6-8(15)2-3-9(11)13(10)20/h2-7H,1H3,(H,16,20)(H,17,18,21). The first-order valence-electron chi connectivity index (χ1n) is 6.16. The molecule has 106 valence electrons. The van der Waals surface area contributed by atoms with Crippen molar-refractivity contribution in [1.82, 2.24) is 14.8 Å². The number of aryl methyl sites for hydroxylation is 1. The van der Waals surface area contributed by atoms with Gasteiger partial charge >= 0.3 is 0 Å². The van der Waals surface area contributed by atoms with Crippen molar-refractivity contribution in [3.8, 4) is 0 Å². The minimum Gasteiger partial charge on any atom is -0.360 e. The fourth-order valence-corrected chi connectivity index (χ4v) is 2.20. The number of aromatic nitrogens is 3. The molecule has 0 atom stereocenters. The topological polar surface area (TPSA) is 79.8 Å². The molecule has 0 unspecified atom stereocenters. The Morgan fingerprint density at radius 2 is 2.19 bits per heavy atom. The molecule has 1 aromatic carbocycles. The maximum absolute atomic E-state index is 12.3. The number of pyridine rings is 1. The van der Waals surface area contributed by atoms with Gasteiger partial charge in [0, 0.05) is 35.9 Å². The Kier molecular flexibility index (Phi) is 3.23. The van der Waals surface area contributed by atoms with Crippen LogP contribution in [0, 0.1) is 0 Å². The number of benzene rings is 1. The third kappa shape index (κ3) is 2.53. The van der Waals surface area contributed by atoms with Crippen LogP contribution in [0.4, 0.5) is 5.82 Å². The number of rotatable bonds is 2. The van der Waals surface area contributed by atoms with Gasteiger partial charge < -0.3 is 10.3 Å². The molecule has 21 heavy (non-hydrogen) atoms. The molecule has 1 amide bonds. The summed E-state index contributed by atoms with van der Waals surface area (Å²) in [5, 5.41) is 7.54. The highest BCUT2D eigenvalue weighted by Crippen LogP contribution is 2.15. The average molecular weight is 303 g/mol. The van der Waals surface area contributed by atoms with Gasteiger partial charge in [0.2, 0.25) is 5.43 Å². The lowest BCUT2D eigenvalue weighted by atomic mass is 10.1. The number of carbonyl (C=O) groups is 1. The number of amides is 1. The first-order chi connectivity index (χ1) is 10.0. The van der Waals surface area contributed by atoms with Gasteiger partial charge in [-0.1, -0.05) is 11.6 Å². The quantitative estimate of drug-likeness (QED) is 0.761. The number of nitrogens with one attached hydrogen (secondary N) is 2. The molecule has 0 fully saturated rings. The van der Waals surface area contributed by atoms with E-state index in [1.807, 2.05) is 0 Å². The Morgan fingerprint density at radius 3 is 2.90 bits per heavy atom. The van der Waals surface area contributed by atoms with Crippen molar-refractivity contribution >= 4 is 34.2 Å². The number of hydrogen-bond donors (Lipinski definition) is 2. The van der Waals surface area contributed by atoms with Crippen LogP contribution in [0.2, 0.25) is 5.02 Å². The molecule has 7 heteroatoms. The number of anilines is 1. The third-order valence-corrected chi connectivity index (χ3v) is 3.28. The van der Waals surface area contributed by atoms with Gasteiger partial charge in [0.1, 0.15) is 5.56 Å². The first-order valence-corrected chi connectivity index (χ1v) is 6.54. The number of H-pyrrole nitrogens is 1. The van der Waals surface area contributed by atoms with E-state index in [1.54, 1.807) is 42.2 Å². The summed E-state index contributed by atoms with van der Waals surface area (Å²) in [6.45, 7) is 0. The molecule has 2 aromatic heterocycles. The molecule has 0 spiro atoms. The van der Waals surface area contributed by atoms with E-state index in [-0.39, 0.29) is 11.0 Å². The van der Waals surface area contributed by atoms with Gasteiger partial charge in [-0.3, -0.25) is 14.3 Å². The Morgan fingerprint density at radius 1 is 1.38 bits per heavy atom. The van der Waals surface area contributed by atoms with E-state index < -0.39 is 5.91 Å². The Balaban J connectivity index is 2.00. The molecule has 2 N–H and O–H groups in total. The van der Waals surface area contributed by atoms with Crippen LogP contribution < -0.4 is 10.7 Å². The second-order valence-corrected chi connectivity index (χ2v) is 4.99. The first kappa shape index (κ1) is 13.4. The maximum atomic E-state index is 12.3. The molecule has 3 aromatic rings. The largest absolute Gasteiger partial charge is 0.360 e. The molecule has 0 aliphatic carbocycles. The summed E-state index contributed by atoms with van der Waals surface area (Å²) < 4.78 is 1.56. The highest BCUT2D eigenvalue weighted by Gasteiger charge is 2.14. The molecule has 0 saturated heterocycles. The Labute approximate surface area is 124 Å². The van der Waals surface area contributed by atoms with Gasteiger partial charge in [0.15, 0.2) is 5.82 Å². The van der Waals surface area contributed by atoms with Crippen molar-refractivity contribution in [2.45, 2.75) is 0 Å². The molecule has 2 heterocycles. The van der Waals surface area contributed by atoms with Crippen molar-refractivity contribution in [3.63, 3.8) is 0 Å². The summed E-state index contributed by atoms with van der Waals surface area (Å²) in [7, 11) is 1.74. The lowest BCUT2D eigenvalue weighted by molar-refractivity contribution is 0.102. The normalized spacial score (nSPS) is 10.8. The van der Waals surface area contributed by atoms with Gasteiger partial charge in [0.05, 0.1) is 5.52 Å². The summed E-state index contributed by atoms with van der Waals surface area (Å²) in [6, 6.07) is 6.49. The predicted molar refractivity (Wildman–Crippen MR) is 80.7 cm³/mol. The van der Waals surface area contributed by atoms with Gasteiger partial charge in [-0.15, -0.1) is 0 Å². The van der Waals surface area contributed by atoms with E-state index in [2.05, 4.69) is 15.4 Å². The molecule has 0 aliphatic heterocycles. The van der Waals surface area contributed by atoms with E-state index in [0.29, 0.717) is 21.7 Å². The number of halogens is 1. The predicted octanol–water partition coefficient (Wildman–Crippen LogP) is 2.17. The average Bonchev–Trinajstić information content (AvgIpc) is 2.84. The zero-order chi connectivity index (χ0) is 15.0. The van der Waals surface area contributed by atoms with Crippen LogP contribution in [0.5, 0.6) is 0 Å². The molecule has 0 saturated carbocycles. The SMILES string of the molecule is Cn1ccc(NC(=O)c2c[nH]c3cc(Cl)ccc3c2=O)n1. The summed E-state index contributed by atoms with van der Waals surface area (Å²) in [5.74, 6) is -0.120. The van der Waals surface area contributed by atoms with Gasteiger partial charge in [-0.05, 0) is 18.2 Å². The molecular formula is C14H11ClN4O2. The second kappa shape index (κ2) is 5.06. The molecule has 0 radical (unpaired) electrons. The van der Waals surface area contributed by atoms with Crippen molar-refractivity contribution in [2.75, 3.05) is 5.32 Å². The van der Waals surface area contributed by atoms with E-state index in [4.69, 9.17) is 11.6 Å². The molecule has 3 rings (SSSR count). The molecule has 0 bridgehead atoms. The van der Waals surface area contributed by atoms with Crippen LogP contribution >= 0.6 is 11.6 Å². The summed E-state index contributed by atoms with van der Waals surface area (Å²) >= 11 is 5.87. The number of nitrogens with zero attached hydrogens (tertiary/aromatic N) is 2. The fourth-order valence-electron chi connectivity index (χ4n) is 2.03. The molecule has 6 nitrogen and oxygen atoms in total. The van der Waals surface area contributed by atoms with Crippen LogP contribution in [0.3, 0.4) is 0 Å². The zero-order valence-corrected chi connectivity index (χ0v) is 11.8. The minimum absolute atomic E-state index is 0.0236.